The van der Waals surface area contributed by atoms with Crippen LogP contribution in [0.5, 0.6) is 0 Å². The van der Waals surface area contributed by atoms with Gasteiger partial charge >= 0.3 is 5.97 Å². The molecule has 0 aliphatic heterocycles. The van der Waals surface area contributed by atoms with Crippen molar-refractivity contribution >= 4 is 34.6 Å². The molecule has 1 aliphatic carbocycles. The van der Waals surface area contributed by atoms with Gasteiger partial charge in [0.15, 0.2) is 11.5 Å². The maximum atomic E-state index is 14.5. The Morgan fingerprint density at radius 3 is 2.79 bits per heavy atom. The van der Waals surface area contributed by atoms with E-state index in [1.165, 1.54) is 33.2 Å². The second kappa shape index (κ2) is 10.8. The lowest BCUT2D eigenvalue weighted by Crippen LogP contribution is -2.29. The van der Waals surface area contributed by atoms with E-state index in [0.717, 1.165) is 29.7 Å². The topological polar surface area (TPSA) is 121 Å². The number of carbonyl (C=O) groups excluding carboxylic acids is 2. The lowest BCUT2D eigenvalue weighted by atomic mass is 9.85. The third kappa shape index (κ3) is 5.46. The molecule has 5 aromatic rings. The molecule has 13 heteroatoms. The maximum absolute atomic E-state index is 14.5. The van der Waals surface area contributed by atoms with Gasteiger partial charge in [-0.15, -0.1) is 5.10 Å². The number of hydrogen-bond acceptors (Lipinski definition) is 7. The number of rotatable bonds is 10. The maximum Gasteiger partial charge on any atom is 0.311 e. The highest BCUT2D eigenvalue weighted by Crippen LogP contribution is 2.41. The van der Waals surface area contributed by atoms with Gasteiger partial charge in [-0.05, 0) is 63.1 Å². The first-order chi connectivity index (χ1) is 20.1. The molecule has 1 saturated carbocycles. The number of imidazole rings is 2. The molecule has 0 aromatic carbocycles. The molecule has 5 aromatic heterocycles. The summed E-state index contributed by atoms with van der Waals surface area (Å²) in [7, 11) is 0. The predicted molar refractivity (Wildman–Crippen MR) is 152 cm³/mol. The highest BCUT2D eigenvalue weighted by atomic mass is 35.5. The van der Waals surface area contributed by atoms with Gasteiger partial charge in [0.1, 0.15) is 11.2 Å². The summed E-state index contributed by atoms with van der Waals surface area (Å²) >= 11 is 5.91. The number of amides is 1. The minimum atomic E-state index is -0.708. The summed E-state index contributed by atoms with van der Waals surface area (Å²) in [6.07, 6.45) is 11.4. The van der Waals surface area contributed by atoms with Crippen LogP contribution in [0.15, 0.2) is 43.2 Å². The second-order valence-corrected chi connectivity index (χ2v) is 11.6. The average Bonchev–Trinajstić information content (AvgIpc) is 3.35. The van der Waals surface area contributed by atoms with Crippen molar-refractivity contribution in [3.8, 4) is 0 Å². The Hall–Kier alpha value is -4.32. The van der Waals surface area contributed by atoms with Crippen LogP contribution in [-0.2, 0) is 29.0 Å². The van der Waals surface area contributed by atoms with E-state index in [0.29, 0.717) is 24.6 Å². The van der Waals surface area contributed by atoms with Gasteiger partial charge in [0.2, 0.25) is 0 Å². The van der Waals surface area contributed by atoms with Gasteiger partial charge in [0, 0.05) is 18.6 Å². The van der Waals surface area contributed by atoms with E-state index in [1.54, 1.807) is 13.1 Å². The lowest BCUT2D eigenvalue weighted by Gasteiger charge is -2.23. The molecule has 11 nitrogen and oxygen atoms in total. The summed E-state index contributed by atoms with van der Waals surface area (Å²) in [4.78, 5) is 34.4. The molecule has 5 heterocycles. The third-order valence-corrected chi connectivity index (χ3v) is 7.68. The minimum Gasteiger partial charge on any atom is -0.466 e. The van der Waals surface area contributed by atoms with Gasteiger partial charge in [-0.2, -0.15) is 0 Å². The minimum absolute atomic E-state index is 0.0137. The van der Waals surface area contributed by atoms with Crippen molar-refractivity contribution in [2.75, 3.05) is 6.61 Å². The standard InChI is InChI=1S/C29H30ClFN8O3/c1-4-42-28(41)29(2,3)10-18-9-19(17-5-6-17)12-38-13-20(34-26(18)38)14-39-15-23(35-36-39)27(40)32-11-22-25-24(31)21(30)7-8-37(25)16-33-22/h7-9,12-13,15-17H,4-6,10-11,14H2,1-3H3,(H,32,40). The number of pyridine rings is 2. The molecule has 1 amide bonds. The number of hydrogen-bond donors (Lipinski definition) is 1. The van der Waals surface area contributed by atoms with Crippen LogP contribution in [0, 0.1) is 11.2 Å². The van der Waals surface area contributed by atoms with E-state index in [4.69, 9.17) is 21.3 Å². The van der Waals surface area contributed by atoms with Crippen molar-refractivity contribution in [3.05, 3.63) is 82.3 Å². The van der Waals surface area contributed by atoms with E-state index in [2.05, 4.69) is 32.9 Å². The summed E-state index contributed by atoms with van der Waals surface area (Å²) in [6.45, 7) is 6.19. The van der Waals surface area contributed by atoms with Gasteiger partial charge in [0.25, 0.3) is 5.91 Å². The number of nitrogens with one attached hydrogen (secondary N) is 1. The monoisotopic (exact) mass is 592 g/mol. The Morgan fingerprint density at radius 1 is 1.21 bits per heavy atom. The Labute approximate surface area is 245 Å². The van der Waals surface area contributed by atoms with Gasteiger partial charge < -0.3 is 18.9 Å². The SMILES string of the molecule is CCOC(=O)C(C)(C)Cc1cc(C2CC2)cn2cc(Cn3cc(C(=O)NCc4ncn5ccc(Cl)c(F)c45)nn3)nc12. The van der Waals surface area contributed by atoms with Gasteiger partial charge in [0.05, 0.1) is 54.0 Å². The van der Waals surface area contributed by atoms with Crippen molar-refractivity contribution in [2.45, 2.75) is 59.0 Å². The zero-order valence-electron chi connectivity index (χ0n) is 23.5. The molecule has 0 radical (unpaired) electrons. The molecule has 0 saturated heterocycles. The number of ether oxygens (including phenoxy) is 1. The van der Waals surface area contributed by atoms with Crippen molar-refractivity contribution in [3.63, 3.8) is 0 Å². The van der Waals surface area contributed by atoms with Crippen LogP contribution in [0.2, 0.25) is 5.02 Å². The molecule has 218 valence electrons. The summed E-state index contributed by atoms with van der Waals surface area (Å²) < 4.78 is 24.9. The molecule has 1 fully saturated rings. The first-order valence-corrected chi connectivity index (χ1v) is 14.2. The van der Waals surface area contributed by atoms with Crippen molar-refractivity contribution < 1.29 is 18.7 Å². The molecule has 0 atom stereocenters. The van der Waals surface area contributed by atoms with Crippen LogP contribution in [0.4, 0.5) is 4.39 Å². The molecule has 0 unspecified atom stereocenters. The molecular weight excluding hydrogens is 563 g/mol. The van der Waals surface area contributed by atoms with E-state index < -0.39 is 17.1 Å². The zero-order chi connectivity index (χ0) is 29.6. The largest absolute Gasteiger partial charge is 0.466 e. The fourth-order valence-electron chi connectivity index (χ4n) is 5.08. The average molecular weight is 593 g/mol. The fourth-order valence-corrected chi connectivity index (χ4v) is 5.23. The first kappa shape index (κ1) is 27.8. The normalized spacial score (nSPS) is 13.6. The molecular formula is C29H30ClFN8O3. The Morgan fingerprint density at radius 2 is 2.02 bits per heavy atom. The van der Waals surface area contributed by atoms with Crippen LogP contribution >= 0.6 is 11.6 Å². The quantitative estimate of drug-likeness (QED) is 0.239. The number of aromatic nitrogens is 7. The molecule has 0 bridgehead atoms. The number of esters is 1. The summed E-state index contributed by atoms with van der Waals surface area (Å²) in [5.74, 6) is -0.793. The van der Waals surface area contributed by atoms with Gasteiger partial charge in [-0.3, -0.25) is 9.59 Å². The van der Waals surface area contributed by atoms with Gasteiger partial charge in [-0.25, -0.2) is 19.0 Å². The highest BCUT2D eigenvalue weighted by molar-refractivity contribution is 6.31. The molecule has 42 heavy (non-hydrogen) atoms. The van der Waals surface area contributed by atoms with Crippen molar-refractivity contribution in [1.82, 2.24) is 39.1 Å². The second-order valence-electron chi connectivity index (χ2n) is 11.2. The number of carbonyl (C=O) groups is 2. The summed E-state index contributed by atoms with van der Waals surface area (Å²) in [5.41, 5.74) is 3.64. The highest BCUT2D eigenvalue weighted by Gasteiger charge is 2.32. The van der Waals surface area contributed by atoms with Crippen molar-refractivity contribution in [1.29, 1.82) is 0 Å². The van der Waals surface area contributed by atoms with E-state index in [1.807, 2.05) is 24.4 Å². The number of halogens is 2. The Balaban J connectivity index is 1.18. The smallest absolute Gasteiger partial charge is 0.311 e. The van der Waals surface area contributed by atoms with Crippen LogP contribution in [0.25, 0.3) is 11.2 Å². The van der Waals surface area contributed by atoms with Crippen LogP contribution in [0.3, 0.4) is 0 Å². The van der Waals surface area contributed by atoms with Crippen molar-refractivity contribution in [2.24, 2.45) is 5.41 Å². The third-order valence-electron chi connectivity index (χ3n) is 7.39. The van der Waals surface area contributed by atoms with Crippen LogP contribution in [-0.4, -0.2) is 52.2 Å². The first-order valence-electron chi connectivity index (χ1n) is 13.8. The summed E-state index contributed by atoms with van der Waals surface area (Å²) in [6, 6.07) is 3.60. The number of nitrogens with zero attached hydrogens (tertiary/aromatic N) is 7. The lowest BCUT2D eigenvalue weighted by molar-refractivity contribution is -0.153. The molecule has 1 N–H and O–H groups in total. The Bertz CT molecular complexity index is 1820. The Kier molecular flexibility index (Phi) is 7.17. The van der Waals surface area contributed by atoms with Crippen LogP contribution in [0.1, 0.15) is 72.5 Å². The van der Waals surface area contributed by atoms with E-state index >= 15 is 0 Å². The predicted octanol–water partition coefficient (Wildman–Crippen LogP) is 4.35. The molecule has 0 spiro atoms. The number of fused-ring (bicyclic) bond motifs is 2. The summed E-state index contributed by atoms with van der Waals surface area (Å²) in [5, 5.41) is 10.8. The van der Waals surface area contributed by atoms with E-state index in [9.17, 15) is 14.0 Å². The van der Waals surface area contributed by atoms with Gasteiger partial charge in [-0.1, -0.05) is 22.9 Å². The van der Waals surface area contributed by atoms with E-state index in [-0.39, 0.29) is 35.3 Å². The zero-order valence-corrected chi connectivity index (χ0v) is 24.2. The fraction of sp³-hybridized carbons (Fsp3) is 0.379. The molecule has 1 aliphatic rings. The van der Waals surface area contributed by atoms with Crippen LogP contribution < -0.4 is 5.32 Å². The molecule has 6 rings (SSSR count).